The molecule has 1 aliphatic rings. The minimum atomic E-state index is -0.203. The van der Waals surface area contributed by atoms with Crippen molar-refractivity contribution in [1.82, 2.24) is 0 Å². The van der Waals surface area contributed by atoms with Gasteiger partial charge in [-0.2, -0.15) is 0 Å². The van der Waals surface area contributed by atoms with Crippen molar-refractivity contribution in [2.75, 3.05) is 18.5 Å². The van der Waals surface area contributed by atoms with Crippen LogP contribution in [0.5, 0.6) is 11.5 Å². The molecule has 4 nitrogen and oxygen atoms in total. The lowest BCUT2D eigenvalue weighted by molar-refractivity contribution is -0.111. The van der Waals surface area contributed by atoms with Crippen molar-refractivity contribution >= 4 is 29.3 Å². The maximum atomic E-state index is 12.1. The van der Waals surface area contributed by atoms with Crippen molar-refractivity contribution in [1.29, 1.82) is 0 Å². The van der Waals surface area contributed by atoms with E-state index in [4.69, 9.17) is 21.1 Å². The van der Waals surface area contributed by atoms with Crippen molar-refractivity contribution in [3.05, 3.63) is 58.6 Å². The average molecular weight is 372 g/mol. The Balaban J connectivity index is 1.68. The smallest absolute Gasteiger partial charge is 0.248 e. The molecule has 0 atom stereocenters. The molecule has 0 radical (unpaired) electrons. The van der Waals surface area contributed by atoms with Gasteiger partial charge in [0.1, 0.15) is 0 Å². The van der Waals surface area contributed by atoms with Crippen molar-refractivity contribution < 1.29 is 14.3 Å². The number of benzene rings is 2. The van der Waals surface area contributed by atoms with E-state index in [1.165, 1.54) is 11.6 Å². The van der Waals surface area contributed by atoms with Crippen LogP contribution in [0.4, 0.5) is 5.69 Å². The van der Waals surface area contributed by atoms with Crippen LogP contribution in [0.1, 0.15) is 37.3 Å². The maximum absolute atomic E-state index is 12.1. The first-order valence-corrected chi connectivity index (χ1v) is 9.09. The van der Waals surface area contributed by atoms with E-state index in [1.54, 1.807) is 12.1 Å². The summed E-state index contributed by atoms with van der Waals surface area (Å²) in [6.07, 6.45) is 4.00. The number of rotatable bonds is 4. The number of nitrogens with one attached hydrogen (secondary N) is 1. The van der Waals surface area contributed by atoms with Gasteiger partial charge in [-0.15, -0.1) is 0 Å². The van der Waals surface area contributed by atoms with Gasteiger partial charge in [0.2, 0.25) is 5.91 Å². The van der Waals surface area contributed by atoms with Crippen LogP contribution in [0.15, 0.2) is 42.5 Å². The maximum Gasteiger partial charge on any atom is 0.248 e. The molecular formula is C21H22ClNO3. The molecule has 0 aromatic heterocycles. The first kappa shape index (κ1) is 18.3. The molecule has 0 saturated heterocycles. The summed E-state index contributed by atoms with van der Waals surface area (Å²) < 4.78 is 11.3. The Morgan fingerprint density at radius 3 is 2.62 bits per heavy atom. The second kappa shape index (κ2) is 8.28. The predicted octanol–water partition coefficient (Wildman–Crippen LogP) is 5.28. The molecule has 0 spiro atoms. The average Bonchev–Trinajstić information content (AvgIpc) is 2.86. The van der Waals surface area contributed by atoms with E-state index < -0.39 is 0 Å². The van der Waals surface area contributed by atoms with E-state index in [9.17, 15) is 4.79 Å². The molecule has 26 heavy (non-hydrogen) atoms. The number of ether oxygens (including phenoxy) is 2. The van der Waals surface area contributed by atoms with Crippen molar-refractivity contribution in [2.45, 2.75) is 26.2 Å². The van der Waals surface area contributed by atoms with E-state index in [0.717, 1.165) is 17.7 Å². The minimum Gasteiger partial charge on any atom is -0.489 e. The van der Waals surface area contributed by atoms with Crippen molar-refractivity contribution in [3.63, 3.8) is 0 Å². The van der Waals surface area contributed by atoms with Crippen molar-refractivity contribution in [2.24, 2.45) is 0 Å². The monoisotopic (exact) mass is 371 g/mol. The van der Waals surface area contributed by atoms with Gasteiger partial charge in [-0.3, -0.25) is 4.79 Å². The third kappa shape index (κ3) is 4.58. The van der Waals surface area contributed by atoms with E-state index in [1.807, 2.05) is 30.3 Å². The Bertz CT molecular complexity index is 813. The van der Waals surface area contributed by atoms with Gasteiger partial charge in [0.25, 0.3) is 0 Å². The number of halogens is 1. The summed E-state index contributed by atoms with van der Waals surface area (Å²) in [7, 11) is 0. The number of carbonyl (C=O) groups is 1. The van der Waals surface area contributed by atoms with Crippen LogP contribution < -0.4 is 14.8 Å². The summed E-state index contributed by atoms with van der Waals surface area (Å²) in [5.41, 5.74) is 2.78. The molecule has 1 N–H and O–H groups in total. The van der Waals surface area contributed by atoms with Crippen molar-refractivity contribution in [3.8, 4) is 11.5 Å². The van der Waals surface area contributed by atoms with Gasteiger partial charge in [-0.05, 0) is 47.4 Å². The van der Waals surface area contributed by atoms with E-state index in [-0.39, 0.29) is 5.91 Å². The molecule has 5 heteroatoms. The summed E-state index contributed by atoms with van der Waals surface area (Å²) in [5, 5.41) is 3.33. The lowest BCUT2D eigenvalue weighted by atomic mass is 10.0. The highest BCUT2D eigenvalue weighted by molar-refractivity contribution is 6.32. The molecule has 1 aliphatic heterocycles. The van der Waals surface area contributed by atoms with Gasteiger partial charge in [-0.1, -0.05) is 37.6 Å². The first-order chi connectivity index (χ1) is 12.5. The fourth-order valence-electron chi connectivity index (χ4n) is 2.65. The molecule has 0 bridgehead atoms. The SMILES string of the molecule is CC(C)c1ccc(NC(=O)/C=C/c2cc(Cl)c3c(c2)OCCCO3)cc1. The topological polar surface area (TPSA) is 47.6 Å². The van der Waals surface area contributed by atoms with Gasteiger partial charge in [0.05, 0.1) is 18.2 Å². The normalized spacial score (nSPS) is 13.7. The summed E-state index contributed by atoms with van der Waals surface area (Å²) >= 11 is 6.27. The quantitative estimate of drug-likeness (QED) is 0.744. The zero-order valence-electron chi connectivity index (χ0n) is 14.9. The second-order valence-electron chi connectivity index (χ2n) is 6.48. The standard InChI is InChI=1S/C21H22ClNO3/c1-14(2)16-5-7-17(8-6-16)23-20(24)9-4-15-12-18(22)21-19(13-15)25-10-3-11-26-21/h4-9,12-14H,3,10-11H2,1-2H3,(H,23,24)/b9-4+. The first-order valence-electron chi connectivity index (χ1n) is 8.71. The molecule has 0 saturated carbocycles. The summed E-state index contributed by atoms with van der Waals surface area (Å²) in [4.78, 5) is 12.1. The highest BCUT2D eigenvalue weighted by Gasteiger charge is 2.15. The molecule has 2 aromatic rings. The lowest BCUT2D eigenvalue weighted by Crippen LogP contribution is -2.07. The Kier molecular flexibility index (Phi) is 5.84. The lowest BCUT2D eigenvalue weighted by Gasteiger charge is -2.10. The number of amides is 1. The fraction of sp³-hybridized carbons (Fsp3) is 0.286. The Morgan fingerprint density at radius 1 is 1.15 bits per heavy atom. The molecular weight excluding hydrogens is 350 g/mol. The molecule has 3 rings (SSSR count). The van der Waals surface area contributed by atoms with E-state index >= 15 is 0 Å². The highest BCUT2D eigenvalue weighted by atomic mass is 35.5. The molecule has 0 aliphatic carbocycles. The number of hydrogen-bond acceptors (Lipinski definition) is 3. The zero-order chi connectivity index (χ0) is 18.5. The molecule has 2 aromatic carbocycles. The number of carbonyl (C=O) groups excluding carboxylic acids is 1. The zero-order valence-corrected chi connectivity index (χ0v) is 15.7. The Labute approximate surface area is 158 Å². The minimum absolute atomic E-state index is 0.203. The van der Waals surface area contributed by atoms with Gasteiger partial charge in [0, 0.05) is 18.2 Å². The van der Waals surface area contributed by atoms with Crippen LogP contribution in [0.2, 0.25) is 5.02 Å². The van der Waals surface area contributed by atoms with Gasteiger partial charge >= 0.3 is 0 Å². The molecule has 1 heterocycles. The summed E-state index contributed by atoms with van der Waals surface area (Å²) in [6.45, 7) is 5.44. The molecule has 136 valence electrons. The van der Waals surface area contributed by atoms with Crippen LogP contribution >= 0.6 is 11.6 Å². The van der Waals surface area contributed by atoms with Crippen LogP contribution in [-0.4, -0.2) is 19.1 Å². The summed E-state index contributed by atoms with van der Waals surface area (Å²) in [5.74, 6) is 1.43. The van der Waals surface area contributed by atoms with Gasteiger partial charge in [-0.25, -0.2) is 0 Å². The molecule has 0 unspecified atom stereocenters. The van der Waals surface area contributed by atoms with Crippen LogP contribution in [0, 0.1) is 0 Å². The molecule has 1 amide bonds. The Morgan fingerprint density at radius 2 is 1.88 bits per heavy atom. The predicted molar refractivity (Wildman–Crippen MR) is 105 cm³/mol. The van der Waals surface area contributed by atoms with Crippen LogP contribution in [-0.2, 0) is 4.79 Å². The van der Waals surface area contributed by atoms with Crippen LogP contribution in [0.25, 0.3) is 6.08 Å². The number of anilines is 1. The second-order valence-corrected chi connectivity index (χ2v) is 6.89. The Hall–Kier alpha value is -2.46. The third-order valence-electron chi connectivity index (χ3n) is 4.10. The fourth-order valence-corrected chi connectivity index (χ4v) is 2.93. The highest BCUT2D eigenvalue weighted by Crippen LogP contribution is 2.38. The van der Waals surface area contributed by atoms with E-state index in [2.05, 4.69) is 19.2 Å². The van der Waals surface area contributed by atoms with Gasteiger partial charge in [0.15, 0.2) is 11.5 Å². The largest absolute Gasteiger partial charge is 0.489 e. The number of hydrogen-bond donors (Lipinski definition) is 1. The molecule has 0 fully saturated rings. The van der Waals surface area contributed by atoms with Crippen LogP contribution in [0.3, 0.4) is 0 Å². The number of fused-ring (bicyclic) bond motifs is 1. The van der Waals surface area contributed by atoms with Gasteiger partial charge < -0.3 is 14.8 Å². The van der Waals surface area contributed by atoms with E-state index in [0.29, 0.717) is 35.7 Å². The third-order valence-corrected chi connectivity index (χ3v) is 4.38. The summed E-state index contributed by atoms with van der Waals surface area (Å²) in [6, 6.07) is 11.4.